The van der Waals surface area contributed by atoms with Crippen LogP contribution < -0.4 is 10.6 Å². The second-order valence-electron chi connectivity index (χ2n) is 4.82. The summed E-state index contributed by atoms with van der Waals surface area (Å²) in [7, 11) is 0. The van der Waals surface area contributed by atoms with Gasteiger partial charge in [-0.2, -0.15) is 0 Å². The molecule has 0 aliphatic heterocycles. The third-order valence-corrected chi connectivity index (χ3v) is 3.02. The first kappa shape index (κ1) is 16.5. The molecule has 0 heterocycles. The van der Waals surface area contributed by atoms with Crippen molar-refractivity contribution >= 4 is 17.5 Å². The van der Waals surface area contributed by atoms with Crippen molar-refractivity contribution in [2.24, 2.45) is 0 Å². The van der Waals surface area contributed by atoms with Crippen LogP contribution in [0.25, 0.3) is 0 Å². The van der Waals surface area contributed by atoms with Crippen molar-refractivity contribution in [1.82, 2.24) is 5.32 Å². The maximum atomic E-state index is 13.5. The van der Waals surface area contributed by atoms with Gasteiger partial charge in [-0.1, -0.05) is 6.07 Å². The van der Waals surface area contributed by atoms with Crippen molar-refractivity contribution in [3.05, 3.63) is 65.5 Å². The second kappa shape index (κ2) is 6.95. The number of hydrogen-bond acceptors (Lipinski definition) is 2. The molecule has 120 valence electrons. The zero-order valence-electron chi connectivity index (χ0n) is 12.1. The lowest BCUT2D eigenvalue weighted by Crippen LogP contribution is -2.41. The van der Waals surface area contributed by atoms with Gasteiger partial charge in [0, 0.05) is 11.6 Å². The molecule has 0 aliphatic carbocycles. The van der Waals surface area contributed by atoms with Gasteiger partial charge < -0.3 is 10.6 Å². The Hall–Kier alpha value is -2.83. The molecule has 2 rings (SSSR count). The van der Waals surface area contributed by atoms with Crippen LogP contribution in [0.4, 0.5) is 18.9 Å². The molecule has 0 aliphatic rings. The molecular weight excluding hydrogens is 309 g/mol. The molecule has 1 unspecified atom stereocenters. The lowest BCUT2D eigenvalue weighted by Gasteiger charge is -2.14. The molecule has 4 nitrogen and oxygen atoms in total. The van der Waals surface area contributed by atoms with Gasteiger partial charge in [0.2, 0.25) is 5.91 Å². The minimum absolute atomic E-state index is 0.0533. The summed E-state index contributed by atoms with van der Waals surface area (Å²) in [6.45, 7) is 1.38. The fourth-order valence-electron chi connectivity index (χ4n) is 1.81. The minimum Gasteiger partial charge on any atom is -0.341 e. The Balaban J connectivity index is 2.01. The van der Waals surface area contributed by atoms with E-state index in [2.05, 4.69) is 10.6 Å². The highest BCUT2D eigenvalue weighted by Gasteiger charge is 2.18. The van der Waals surface area contributed by atoms with E-state index < -0.39 is 35.3 Å². The largest absolute Gasteiger partial charge is 0.341 e. The van der Waals surface area contributed by atoms with Crippen LogP contribution in [-0.4, -0.2) is 17.9 Å². The van der Waals surface area contributed by atoms with Crippen LogP contribution in [0.5, 0.6) is 0 Å². The highest BCUT2D eigenvalue weighted by molar-refractivity contribution is 6.00. The molecule has 7 heteroatoms. The number of anilines is 1. The third-order valence-electron chi connectivity index (χ3n) is 3.02. The Morgan fingerprint density at radius 3 is 2.35 bits per heavy atom. The molecule has 0 bridgehead atoms. The zero-order chi connectivity index (χ0) is 17.0. The topological polar surface area (TPSA) is 58.2 Å². The van der Waals surface area contributed by atoms with E-state index >= 15 is 0 Å². The summed E-state index contributed by atoms with van der Waals surface area (Å²) in [5, 5.41) is 4.60. The van der Waals surface area contributed by atoms with Gasteiger partial charge in [-0.05, 0) is 37.3 Å². The average molecular weight is 322 g/mol. The summed E-state index contributed by atoms with van der Waals surface area (Å²) in [5.41, 5.74) is -0.152. The Bertz CT molecular complexity index is 750. The van der Waals surface area contributed by atoms with Gasteiger partial charge in [0.15, 0.2) is 0 Å². The lowest BCUT2D eigenvalue weighted by molar-refractivity contribution is -0.117. The van der Waals surface area contributed by atoms with Crippen LogP contribution in [0.1, 0.15) is 17.3 Å². The van der Waals surface area contributed by atoms with E-state index in [0.717, 1.165) is 18.2 Å². The molecule has 2 aromatic rings. The first-order valence-corrected chi connectivity index (χ1v) is 6.69. The Morgan fingerprint density at radius 2 is 1.70 bits per heavy atom. The SMILES string of the molecule is CC(NC(=O)c1cccc(F)c1)C(=O)Nc1ccc(F)cc1F. The molecule has 0 fully saturated rings. The molecule has 23 heavy (non-hydrogen) atoms. The molecule has 0 aromatic heterocycles. The number of nitrogens with one attached hydrogen (secondary N) is 2. The Morgan fingerprint density at radius 1 is 1.00 bits per heavy atom. The predicted octanol–water partition coefficient (Wildman–Crippen LogP) is 2.86. The molecule has 0 saturated carbocycles. The lowest BCUT2D eigenvalue weighted by atomic mass is 10.2. The van der Waals surface area contributed by atoms with Crippen LogP contribution in [-0.2, 0) is 4.79 Å². The van der Waals surface area contributed by atoms with Crippen molar-refractivity contribution in [2.75, 3.05) is 5.32 Å². The van der Waals surface area contributed by atoms with Gasteiger partial charge in [0.25, 0.3) is 5.91 Å². The smallest absolute Gasteiger partial charge is 0.252 e. The van der Waals surface area contributed by atoms with Crippen LogP contribution >= 0.6 is 0 Å². The number of hydrogen-bond donors (Lipinski definition) is 2. The summed E-state index contributed by atoms with van der Waals surface area (Å²) < 4.78 is 39.3. The molecule has 0 spiro atoms. The second-order valence-corrected chi connectivity index (χ2v) is 4.82. The van der Waals surface area contributed by atoms with Crippen molar-refractivity contribution < 1.29 is 22.8 Å². The average Bonchev–Trinajstić information content (AvgIpc) is 2.49. The molecule has 0 saturated heterocycles. The van der Waals surface area contributed by atoms with Gasteiger partial charge in [-0.3, -0.25) is 9.59 Å². The van der Waals surface area contributed by atoms with Crippen molar-refractivity contribution in [1.29, 1.82) is 0 Å². The number of rotatable bonds is 4. The maximum Gasteiger partial charge on any atom is 0.252 e. The number of amides is 2. The van der Waals surface area contributed by atoms with Gasteiger partial charge >= 0.3 is 0 Å². The minimum atomic E-state index is -1.00. The summed E-state index contributed by atoms with van der Waals surface area (Å²) in [6.07, 6.45) is 0. The number of halogens is 3. The molecule has 1 atom stereocenters. The van der Waals surface area contributed by atoms with Crippen LogP contribution in [0, 0.1) is 17.5 Å². The van der Waals surface area contributed by atoms with E-state index in [0.29, 0.717) is 6.07 Å². The third kappa shape index (κ3) is 4.32. The summed E-state index contributed by atoms with van der Waals surface area (Å²) in [4.78, 5) is 23.8. The van der Waals surface area contributed by atoms with E-state index in [9.17, 15) is 22.8 Å². The summed E-state index contributed by atoms with van der Waals surface area (Å²) in [5.74, 6) is -3.62. The molecular formula is C16H13F3N2O2. The summed E-state index contributed by atoms with van der Waals surface area (Å²) >= 11 is 0. The van der Waals surface area contributed by atoms with E-state index in [-0.39, 0.29) is 11.3 Å². The molecule has 0 radical (unpaired) electrons. The van der Waals surface area contributed by atoms with Gasteiger partial charge in [0.1, 0.15) is 23.5 Å². The first-order valence-electron chi connectivity index (χ1n) is 6.69. The van der Waals surface area contributed by atoms with Gasteiger partial charge in [-0.25, -0.2) is 13.2 Å². The fraction of sp³-hybridized carbons (Fsp3) is 0.125. The standard InChI is InChI=1S/C16H13F3N2O2/c1-9(20-16(23)10-3-2-4-11(17)7-10)15(22)21-14-6-5-12(18)8-13(14)19/h2-9H,1H3,(H,20,23)(H,21,22). The Labute approximate surface area is 130 Å². The molecule has 2 aromatic carbocycles. The van der Waals surface area contributed by atoms with Crippen molar-refractivity contribution in [2.45, 2.75) is 13.0 Å². The molecule has 2 amide bonds. The first-order chi connectivity index (χ1) is 10.9. The number of carbonyl (C=O) groups is 2. The number of benzene rings is 2. The van der Waals surface area contributed by atoms with Crippen molar-refractivity contribution in [3.63, 3.8) is 0 Å². The normalized spacial score (nSPS) is 11.7. The van der Waals surface area contributed by atoms with Crippen LogP contribution in [0.3, 0.4) is 0 Å². The van der Waals surface area contributed by atoms with E-state index in [1.807, 2.05) is 0 Å². The van der Waals surface area contributed by atoms with Crippen LogP contribution in [0.15, 0.2) is 42.5 Å². The van der Waals surface area contributed by atoms with Gasteiger partial charge in [-0.15, -0.1) is 0 Å². The van der Waals surface area contributed by atoms with E-state index in [1.165, 1.54) is 25.1 Å². The van der Waals surface area contributed by atoms with E-state index in [4.69, 9.17) is 0 Å². The van der Waals surface area contributed by atoms with Crippen LogP contribution in [0.2, 0.25) is 0 Å². The van der Waals surface area contributed by atoms with E-state index in [1.54, 1.807) is 0 Å². The maximum absolute atomic E-state index is 13.5. The monoisotopic (exact) mass is 322 g/mol. The number of carbonyl (C=O) groups excluding carboxylic acids is 2. The highest BCUT2D eigenvalue weighted by Crippen LogP contribution is 2.15. The zero-order valence-corrected chi connectivity index (χ0v) is 12.1. The fourth-order valence-corrected chi connectivity index (χ4v) is 1.81. The Kier molecular flexibility index (Phi) is 5.00. The molecule has 2 N–H and O–H groups in total. The highest BCUT2D eigenvalue weighted by atomic mass is 19.1. The van der Waals surface area contributed by atoms with Crippen molar-refractivity contribution in [3.8, 4) is 0 Å². The van der Waals surface area contributed by atoms with Gasteiger partial charge in [0.05, 0.1) is 5.69 Å². The predicted molar refractivity (Wildman–Crippen MR) is 78.3 cm³/mol. The quantitative estimate of drug-likeness (QED) is 0.909. The summed E-state index contributed by atoms with van der Waals surface area (Å²) in [6, 6.07) is 6.66.